The summed E-state index contributed by atoms with van der Waals surface area (Å²) in [5.41, 5.74) is 1.56. The van der Waals surface area contributed by atoms with Crippen molar-refractivity contribution in [2.75, 3.05) is 0 Å². The third-order valence-electron chi connectivity index (χ3n) is 3.60. The molecule has 0 fully saturated rings. The maximum atomic E-state index is 12.9. The van der Waals surface area contributed by atoms with Gasteiger partial charge in [0.25, 0.3) is 0 Å². The van der Waals surface area contributed by atoms with Crippen LogP contribution in [0, 0.1) is 12.7 Å². The van der Waals surface area contributed by atoms with Gasteiger partial charge in [-0.1, -0.05) is 42.0 Å². The topological polar surface area (TPSA) is 37.3 Å². The predicted octanol–water partition coefficient (Wildman–Crippen LogP) is 3.72. The van der Waals surface area contributed by atoms with E-state index in [2.05, 4.69) is 0 Å². The first-order valence-corrected chi connectivity index (χ1v) is 6.47. The van der Waals surface area contributed by atoms with Gasteiger partial charge in [0.1, 0.15) is 5.82 Å². The van der Waals surface area contributed by atoms with E-state index in [1.165, 1.54) is 12.1 Å². The van der Waals surface area contributed by atoms with E-state index in [9.17, 15) is 14.3 Å². The van der Waals surface area contributed by atoms with E-state index in [0.717, 1.165) is 16.7 Å². The molecule has 0 aliphatic carbocycles. The molecule has 3 heteroatoms. The number of hydrogen-bond donors (Lipinski definition) is 1. The second-order valence-corrected chi connectivity index (χ2v) is 5.31. The van der Waals surface area contributed by atoms with E-state index in [1.807, 2.05) is 31.2 Å². The van der Waals surface area contributed by atoms with E-state index in [0.29, 0.717) is 6.42 Å². The number of carboxylic acids is 1. The molecule has 1 unspecified atom stereocenters. The minimum absolute atomic E-state index is 0.318. The molecule has 1 atom stereocenters. The number of aliphatic carboxylic acids is 1. The molecule has 0 radical (unpaired) electrons. The molecule has 2 aromatic rings. The van der Waals surface area contributed by atoms with Crippen molar-refractivity contribution in [3.63, 3.8) is 0 Å². The third-order valence-corrected chi connectivity index (χ3v) is 3.60. The molecule has 0 bridgehead atoms. The van der Waals surface area contributed by atoms with E-state index < -0.39 is 11.4 Å². The molecule has 0 saturated heterocycles. The smallest absolute Gasteiger partial charge is 0.314 e. The fraction of sp³-hybridized carbons (Fsp3) is 0.235. The number of rotatable bonds is 4. The fourth-order valence-electron chi connectivity index (χ4n) is 2.30. The zero-order chi connectivity index (χ0) is 14.8. The molecule has 1 N–H and O–H groups in total. The molecule has 2 aromatic carbocycles. The second-order valence-electron chi connectivity index (χ2n) is 5.31. The first kappa shape index (κ1) is 14.3. The van der Waals surface area contributed by atoms with Gasteiger partial charge in [-0.3, -0.25) is 4.79 Å². The Morgan fingerprint density at radius 2 is 1.85 bits per heavy atom. The number of hydrogen-bond acceptors (Lipinski definition) is 1. The lowest BCUT2D eigenvalue weighted by atomic mass is 9.77. The van der Waals surface area contributed by atoms with Crippen molar-refractivity contribution in [2.45, 2.75) is 25.7 Å². The number of benzene rings is 2. The summed E-state index contributed by atoms with van der Waals surface area (Å²) >= 11 is 0. The molecule has 2 nitrogen and oxygen atoms in total. The molecular formula is C17H17FO2. The first-order valence-electron chi connectivity index (χ1n) is 6.47. The van der Waals surface area contributed by atoms with Gasteiger partial charge in [0.15, 0.2) is 0 Å². The van der Waals surface area contributed by atoms with Crippen LogP contribution in [0.4, 0.5) is 4.39 Å². The summed E-state index contributed by atoms with van der Waals surface area (Å²) in [5, 5.41) is 9.62. The van der Waals surface area contributed by atoms with Crippen LogP contribution in [0.25, 0.3) is 0 Å². The molecule has 0 spiro atoms. The number of carboxylic acid groups (broad SMARTS) is 1. The lowest BCUT2D eigenvalue weighted by Crippen LogP contribution is -2.34. The van der Waals surface area contributed by atoms with Crippen LogP contribution in [-0.2, 0) is 16.6 Å². The molecule has 2 rings (SSSR count). The Balaban J connectivity index is 2.39. The summed E-state index contributed by atoms with van der Waals surface area (Å²) in [6.45, 7) is 3.64. The number of halogens is 1. The first-order chi connectivity index (χ1) is 9.41. The highest BCUT2D eigenvalue weighted by Crippen LogP contribution is 2.29. The van der Waals surface area contributed by atoms with Gasteiger partial charge < -0.3 is 5.11 Å². The van der Waals surface area contributed by atoms with Crippen LogP contribution in [0.3, 0.4) is 0 Å². The minimum atomic E-state index is -1.02. The van der Waals surface area contributed by atoms with Gasteiger partial charge in [0.05, 0.1) is 5.41 Å². The van der Waals surface area contributed by atoms with Gasteiger partial charge in [0.2, 0.25) is 0 Å². The Kier molecular flexibility index (Phi) is 3.89. The van der Waals surface area contributed by atoms with Crippen molar-refractivity contribution < 1.29 is 14.3 Å². The van der Waals surface area contributed by atoms with Gasteiger partial charge in [-0.2, -0.15) is 0 Å². The van der Waals surface area contributed by atoms with E-state index in [4.69, 9.17) is 0 Å². The molecular weight excluding hydrogens is 255 g/mol. The maximum Gasteiger partial charge on any atom is 0.314 e. The standard InChI is InChI=1S/C17H17FO2/c1-12-4-3-5-14(10-12)17(2,16(19)20)11-13-6-8-15(18)9-7-13/h3-10H,11H2,1-2H3,(H,19,20). The lowest BCUT2D eigenvalue weighted by Gasteiger charge is -2.26. The minimum Gasteiger partial charge on any atom is -0.481 e. The zero-order valence-electron chi connectivity index (χ0n) is 11.6. The van der Waals surface area contributed by atoms with Gasteiger partial charge in [-0.05, 0) is 43.5 Å². The summed E-state index contributed by atoms with van der Waals surface area (Å²) in [5.74, 6) is -1.20. The average Bonchev–Trinajstić information content (AvgIpc) is 2.41. The van der Waals surface area contributed by atoms with Crippen LogP contribution >= 0.6 is 0 Å². The van der Waals surface area contributed by atoms with Crippen molar-refractivity contribution in [3.8, 4) is 0 Å². The van der Waals surface area contributed by atoms with Crippen molar-refractivity contribution in [1.82, 2.24) is 0 Å². The highest BCUT2D eigenvalue weighted by molar-refractivity contribution is 5.81. The van der Waals surface area contributed by atoms with Crippen LogP contribution in [-0.4, -0.2) is 11.1 Å². The van der Waals surface area contributed by atoms with Crippen LogP contribution in [0.1, 0.15) is 23.6 Å². The third kappa shape index (κ3) is 2.87. The van der Waals surface area contributed by atoms with Gasteiger partial charge in [-0.25, -0.2) is 4.39 Å². The maximum absolute atomic E-state index is 12.9. The quantitative estimate of drug-likeness (QED) is 0.921. The van der Waals surface area contributed by atoms with Crippen molar-refractivity contribution in [1.29, 1.82) is 0 Å². The van der Waals surface area contributed by atoms with Crippen LogP contribution < -0.4 is 0 Å². The molecule has 0 heterocycles. The molecule has 104 valence electrons. The molecule has 20 heavy (non-hydrogen) atoms. The molecule has 0 aliphatic rings. The van der Waals surface area contributed by atoms with E-state index in [-0.39, 0.29) is 5.82 Å². The van der Waals surface area contributed by atoms with Crippen LogP contribution in [0.5, 0.6) is 0 Å². The molecule has 0 aliphatic heterocycles. The van der Waals surface area contributed by atoms with E-state index in [1.54, 1.807) is 19.1 Å². The normalized spacial score (nSPS) is 13.8. The van der Waals surface area contributed by atoms with Crippen molar-refractivity contribution in [3.05, 3.63) is 71.0 Å². The SMILES string of the molecule is Cc1cccc(C(C)(Cc2ccc(F)cc2)C(=O)O)c1. The predicted molar refractivity (Wildman–Crippen MR) is 76.3 cm³/mol. The Labute approximate surface area is 117 Å². The summed E-state index contributed by atoms with van der Waals surface area (Å²) < 4.78 is 12.9. The lowest BCUT2D eigenvalue weighted by molar-refractivity contribution is -0.143. The summed E-state index contributed by atoms with van der Waals surface area (Å²) in [4.78, 5) is 11.7. The van der Waals surface area contributed by atoms with Crippen LogP contribution in [0.15, 0.2) is 48.5 Å². The highest BCUT2D eigenvalue weighted by atomic mass is 19.1. The molecule has 0 aromatic heterocycles. The largest absolute Gasteiger partial charge is 0.481 e. The average molecular weight is 272 g/mol. The Morgan fingerprint density at radius 1 is 1.20 bits per heavy atom. The second kappa shape index (κ2) is 5.45. The molecule has 0 amide bonds. The zero-order valence-corrected chi connectivity index (χ0v) is 11.6. The van der Waals surface area contributed by atoms with Crippen molar-refractivity contribution in [2.24, 2.45) is 0 Å². The van der Waals surface area contributed by atoms with Gasteiger partial charge >= 0.3 is 5.97 Å². The van der Waals surface area contributed by atoms with Crippen molar-refractivity contribution >= 4 is 5.97 Å². The highest BCUT2D eigenvalue weighted by Gasteiger charge is 2.35. The Hall–Kier alpha value is -2.16. The van der Waals surface area contributed by atoms with Gasteiger partial charge in [-0.15, -0.1) is 0 Å². The van der Waals surface area contributed by atoms with E-state index >= 15 is 0 Å². The molecule has 0 saturated carbocycles. The number of aryl methyl sites for hydroxylation is 1. The van der Waals surface area contributed by atoms with Crippen LogP contribution in [0.2, 0.25) is 0 Å². The summed E-state index contributed by atoms with van der Waals surface area (Å²) in [7, 11) is 0. The number of carbonyl (C=O) groups is 1. The fourth-order valence-corrected chi connectivity index (χ4v) is 2.30. The summed E-state index contributed by atoms with van der Waals surface area (Å²) in [6, 6.07) is 13.5. The monoisotopic (exact) mass is 272 g/mol. The Morgan fingerprint density at radius 3 is 2.40 bits per heavy atom. The Bertz CT molecular complexity index is 619. The summed E-state index contributed by atoms with van der Waals surface area (Å²) in [6.07, 6.45) is 0.325. The van der Waals surface area contributed by atoms with Gasteiger partial charge in [0, 0.05) is 0 Å².